The molecule has 0 saturated heterocycles. The first kappa shape index (κ1) is 14.1. The van der Waals surface area contributed by atoms with Crippen molar-refractivity contribution >= 4 is 23.2 Å². The van der Waals surface area contributed by atoms with Gasteiger partial charge in [-0.25, -0.2) is 9.97 Å². The maximum Gasteiger partial charge on any atom is 0.162 e. The molecule has 104 valence electrons. The van der Waals surface area contributed by atoms with Gasteiger partial charge in [-0.05, 0) is 12.5 Å². The van der Waals surface area contributed by atoms with Crippen LogP contribution in [0.25, 0.3) is 22.5 Å². The Morgan fingerprint density at radius 3 is 2.00 bits per heavy atom. The van der Waals surface area contributed by atoms with Gasteiger partial charge in [0.05, 0.1) is 5.56 Å². The molecule has 1 aromatic heterocycles. The molecule has 0 saturated carbocycles. The van der Waals surface area contributed by atoms with Gasteiger partial charge >= 0.3 is 0 Å². The second-order valence-corrected chi connectivity index (χ2v) is 5.46. The summed E-state index contributed by atoms with van der Waals surface area (Å²) in [5.41, 5.74) is 3.61. The molecule has 0 atom stereocenters. The average Bonchev–Trinajstić information content (AvgIpc) is 2.47. The Hall–Kier alpha value is -1.90. The Morgan fingerprint density at radius 1 is 0.762 bits per heavy atom. The highest BCUT2D eigenvalue weighted by molar-refractivity contribution is 6.37. The second kappa shape index (κ2) is 5.84. The van der Waals surface area contributed by atoms with Gasteiger partial charge in [0.25, 0.3) is 0 Å². The third-order valence-corrected chi connectivity index (χ3v) is 3.71. The van der Waals surface area contributed by atoms with Gasteiger partial charge in [-0.3, -0.25) is 0 Å². The van der Waals surface area contributed by atoms with Crippen LogP contribution in [0.15, 0.2) is 54.6 Å². The van der Waals surface area contributed by atoms with Crippen molar-refractivity contribution in [1.29, 1.82) is 0 Å². The Balaban J connectivity index is 2.13. The summed E-state index contributed by atoms with van der Waals surface area (Å²) in [4.78, 5) is 8.76. The van der Waals surface area contributed by atoms with Crippen molar-refractivity contribution in [2.45, 2.75) is 6.92 Å². The van der Waals surface area contributed by atoms with E-state index in [1.165, 1.54) is 0 Å². The van der Waals surface area contributed by atoms with Crippen molar-refractivity contribution in [2.75, 3.05) is 0 Å². The molecule has 2 nitrogen and oxygen atoms in total. The smallest absolute Gasteiger partial charge is 0.162 e. The molecule has 0 aliphatic heterocycles. The number of hydrogen-bond donors (Lipinski definition) is 0. The molecule has 21 heavy (non-hydrogen) atoms. The van der Waals surface area contributed by atoms with E-state index in [-0.39, 0.29) is 0 Å². The molecule has 0 amide bonds. The van der Waals surface area contributed by atoms with E-state index in [1.54, 1.807) is 0 Å². The van der Waals surface area contributed by atoms with Crippen molar-refractivity contribution in [2.24, 2.45) is 0 Å². The van der Waals surface area contributed by atoms with Crippen molar-refractivity contribution in [3.63, 3.8) is 0 Å². The molecule has 2 aromatic carbocycles. The van der Waals surface area contributed by atoms with Crippen LogP contribution in [-0.4, -0.2) is 9.97 Å². The van der Waals surface area contributed by atoms with Gasteiger partial charge < -0.3 is 0 Å². The zero-order valence-corrected chi connectivity index (χ0v) is 12.9. The fourth-order valence-electron chi connectivity index (χ4n) is 2.16. The molecule has 4 heteroatoms. The van der Waals surface area contributed by atoms with E-state index in [1.807, 2.05) is 61.5 Å². The molecular weight excluding hydrogens is 303 g/mol. The molecule has 3 rings (SSSR count). The standard InChI is InChI=1S/C17H12Cl2N2/c1-11-6-5-9-13(10-11)14-15(18)20-17(21-16(14)19)12-7-3-2-4-8-12/h2-10H,1H3. The van der Waals surface area contributed by atoms with E-state index in [4.69, 9.17) is 23.2 Å². The van der Waals surface area contributed by atoms with E-state index in [9.17, 15) is 0 Å². The summed E-state index contributed by atoms with van der Waals surface area (Å²) in [6.45, 7) is 2.02. The van der Waals surface area contributed by atoms with Crippen LogP contribution in [-0.2, 0) is 0 Å². The van der Waals surface area contributed by atoms with E-state index >= 15 is 0 Å². The van der Waals surface area contributed by atoms with Crippen LogP contribution in [0.2, 0.25) is 10.3 Å². The number of aromatic nitrogens is 2. The van der Waals surface area contributed by atoms with Gasteiger partial charge in [0.15, 0.2) is 5.82 Å². The third-order valence-electron chi connectivity index (χ3n) is 3.16. The van der Waals surface area contributed by atoms with Crippen LogP contribution in [0, 0.1) is 6.92 Å². The van der Waals surface area contributed by atoms with Gasteiger partial charge in [-0.15, -0.1) is 0 Å². The highest BCUT2D eigenvalue weighted by Gasteiger charge is 2.14. The van der Waals surface area contributed by atoms with Gasteiger partial charge in [0.1, 0.15) is 10.3 Å². The van der Waals surface area contributed by atoms with Gasteiger partial charge in [-0.1, -0.05) is 83.4 Å². The van der Waals surface area contributed by atoms with Crippen molar-refractivity contribution in [3.8, 4) is 22.5 Å². The van der Waals surface area contributed by atoms with E-state index in [2.05, 4.69) is 9.97 Å². The lowest BCUT2D eigenvalue weighted by molar-refractivity contribution is 1.18. The van der Waals surface area contributed by atoms with Crippen LogP contribution >= 0.6 is 23.2 Å². The summed E-state index contributed by atoms with van der Waals surface area (Å²) in [5.74, 6) is 0.530. The Morgan fingerprint density at radius 2 is 1.38 bits per heavy atom. The minimum Gasteiger partial charge on any atom is -0.216 e. The van der Waals surface area contributed by atoms with Crippen molar-refractivity contribution in [1.82, 2.24) is 9.97 Å². The second-order valence-electron chi connectivity index (χ2n) is 4.74. The first-order valence-electron chi connectivity index (χ1n) is 6.50. The normalized spacial score (nSPS) is 10.6. The summed E-state index contributed by atoms with van der Waals surface area (Å²) < 4.78 is 0. The molecule has 0 bridgehead atoms. The van der Waals surface area contributed by atoms with E-state index in [0.717, 1.165) is 16.7 Å². The van der Waals surface area contributed by atoms with Crippen LogP contribution in [0.1, 0.15) is 5.56 Å². The van der Waals surface area contributed by atoms with E-state index in [0.29, 0.717) is 21.7 Å². The molecule has 0 spiro atoms. The maximum atomic E-state index is 6.34. The molecule has 0 N–H and O–H groups in total. The lowest BCUT2D eigenvalue weighted by atomic mass is 10.1. The zero-order chi connectivity index (χ0) is 14.8. The Labute approximate surface area is 133 Å². The van der Waals surface area contributed by atoms with E-state index < -0.39 is 0 Å². The van der Waals surface area contributed by atoms with Crippen LogP contribution < -0.4 is 0 Å². The number of aryl methyl sites for hydroxylation is 1. The number of benzene rings is 2. The van der Waals surface area contributed by atoms with Crippen molar-refractivity contribution in [3.05, 3.63) is 70.5 Å². The molecule has 0 unspecified atom stereocenters. The minimum absolute atomic E-state index is 0.361. The number of hydrogen-bond acceptors (Lipinski definition) is 2. The SMILES string of the molecule is Cc1cccc(-c2c(Cl)nc(-c3ccccc3)nc2Cl)c1. The Bertz CT molecular complexity index is 763. The highest BCUT2D eigenvalue weighted by Crippen LogP contribution is 2.34. The summed E-state index contributed by atoms with van der Waals surface area (Å²) in [5, 5.41) is 0.721. The lowest BCUT2D eigenvalue weighted by Gasteiger charge is -2.09. The van der Waals surface area contributed by atoms with Crippen LogP contribution in [0.4, 0.5) is 0 Å². The van der Waals surface area contributed by atoms with Crippen LogP contribution in [0.3, 0.4) is 0 Å². The molecular formula is C17H12Cl2N2. The Kier molecular flexibility index (Phi) is 3.91. The zero-order valence-electron chi connectivity index (χ0n) is 11.3. The summed E-state index contributed by atoms with van der Waals surface area (Å²) in [7, 11) is 0. The summed E-state index contributed by atoms with van der Waals surface area (Å²) in [6.07, 6.45) is 0. The molecule has 3 aromatic rings. The third kappa shape index (κ3) is 2.92. The molecule has 0 fully saturated rings. The lowest BCUT2D eigenvalue weighted by Crippen LogP contribution is -1.94. The molecule has 0 aliphatic carbocycles. The summed E-state index contributed by atoms with van der Waals surface area (Å²) in [6, 6.07) is 17.6. The minimum atomic E-state index is 0.361. The van der Waals surface area contributed by atoms with Crippen LogP contribution in [0.5, 0.6) is 0 Å². The fraction of sp³-hybridized carbons (Fsp3) is 0.0588. The fourth-order valence-corrected chi connectivity index (χ4v) is 2.77. The van der Waals surface area contributed by atoms with Gasteiger partial charge in [0, 0.05) is 5.56 Å². The molecule has 0 aliphatic rings. The van der Waals surface area contributed by atoms with Gasteiger partial charge in [-0.2, -0.15) is 0 Å². The molecule has 1 heterocycles. The molecule has 0 radical (unpaired) electrons. The summed E-state index contributed by atoms with van der Waals surface area (Å²) >= 11 is 12.7. The predicted octanol–water partition coefficient (Wildman–Crippen LogP) is 5.43. The number of rotatable bonds is 2. The number of halogens is 2. The topological polar surface area (TPSA) is 25.8 Å². The maximum absolute atomic E-state index is 6.34. The highest BCUT2D eigenvalue weighted by atomic mass is 35.5. The monoisotopic (exact) mass is 314 g/mol. The average molecular weight is 315 g/mol. The quantitative estimate of drug-likeness (QED) is 0.590. The van der Waals surface area contributed by atoms with Crippen molar-refractivity contribution < 1.29 is 0 Å². The van der Waals surface area contributed by atoms with Gasteiger partial charge in [0.2, 0.25) is 0 Å². The number of nitrogens with zero attached hydrogens (tertiary/aromatic N) is 2. The first-order chi connectivity index (χ1) is 10.1. The largest absolute Gasteiger partial charge is 0.216 e. The first-order valence-corrected chi connectivity index (χ1v) is 7.26. The predicted molar refractivity (Wildman–Crippen MR) is 87.7 cm³/mol.